The summed E-state index contributed by atoms with van der Waals surface area (Å²) in [5.41, 5.74) is 5.93. The Labute approximate surface area is 222 Å². The number of benzene rings is 3. The molecule has 0 aliphatic carbocycles. The second-order valence-corrected chi connectivity index (χ2v) is 11.1. The third kappa shape index (κ3) is 6.49. The fraction of sp³-hybridized carbons (Fsp3) is 0.259. The van der Waals surface area contributed by atoms with Crippen molar-refractivity contribution in [3.05, 3.63) is 79.0 Å². The molecule has 4 rings (SSSR count). The standard InChI is InChI=1S/C22H18N2O4S.C5H14BNO2/c1-15(22(25)26)24(19-12-4-8-16-7-2-3-11-18(16)19)29(27,28)20-13-5-9-17-10-6-14-23-21(17)20;1-4(2)3-5(7)6(8)9/h2-15H,1H3,(H,25,26);4-5,8-9H,3,7H2,1-2H3/t15-;5-/m00/s1. The molecule has 38 heavy (non-hydrogen) atoms. The Morgan fingerprint density at radius 1 is 0.947 bits per heavy atom. The zero-order chi connectivity index (χ0) is 28.0. The van der Waals surface area contributed by atoms with Crippen LogP contribution in [0.15, 0.2) is 83.9 Å². The summed E-state index contributed by atoms with van der Waals surface area (Å²) in [6, 6.07) is 19.5. The highest BCUT2D eigenvalue weighted by molar-refractivity contribution is 7.93. The summed E-state index contributed by atoms with van der Waals surface area (Å²) < 4.78 is 28.5. The van der Waals surface area contributed by atoms with E-state index in [-0.39, 0.29) is 4.90 Å². The molecule has 1 aromatic heterocycles. The maximum atomic E-state index is 13.8. The van der Waals surface area contributed by atoms with Crippen LogP contribution < -0.4 is 10.0 Å². The van der Waals surface area contributed by atoms with Crippen molar-refractivity contribution in [3.63, 3.8) is 0 Å². The van der Waals surface area contributed by atoms with Crippen LogP contribution in [-0.4, -0.2) is 53.6 Å². The quantitative estimate of drug-likeness (QED) is 0.249. The first-order valence-electron chi connectivity index (χ1n) is 12.2. The van der Waals surface area contributed by atoms with E-state index in [2.05, 4.69) is 4.98 Å². The largest absolute Gasteiger partial charge is 0.480 e. The fourth-order valence-electron chi connectivity index (χ4n) is 4.10. The van der Waals surface area contributed by atoms with Gasteiger partial charge < -0.3 is 20.9 Å². The lowest BCUT2D eigenvalue weighted by Gasteiger charge is -2.29. The number of para-hydroxylation sites is 1. The number of nitrogens with zero attached hydrogens (tertiary/aromatic N) is 2. The minimum Gasteiger partial charge on any atom is -0.480 e. The van der Waals surface area contributed by atoms with Crippen LogP contribution in [0.5, 0.6) is 0 Å². The lowest BCUT2D eigenvalue weighted by atomic mass is 9.76. The molecule has 0 fully saturated rings. The van der Waals surface area contributed by atoms with Gasteiger partial charge in [-0.2, -0.15) is 0 Å². The molecule has 11 heteroatoms. The Morgan fingerprint density at radius 2 is 1.55 bits per heavy atom. The van der Waals surface area contributed by atoms with Crippen LogP contribution in [-0.2, 0) is 14.8 Å². The molecular formula is C27H32BN3O6S. The maximum Gasteiger partial charge on any atom is 0.469 e. The van der Waals surface area contributed by atoms with E-state index in [4.69, 9.17) is 15.8 Å². The Morgan fingerprint density at radius 3 is 2.18 bits per heavy atom. The number of carbonyl (C=O) groups is 1. The second kappa shape index (κ2) is 12.4. The van der Waals surface area contributed by atoms with E-state index >= 15 is 0 Å². The van der Waals surface area contributed by atoms with Crippen molar-refractivity contribution < 1.29 is 28.4 Å². The van der Waals surface area contributed by atoms with Gasteiger partial charge in [0.1, 0.15) is 10.9 Å². The first kappa shape index (κ1) is 29.1. The number of hydrogen-bond acceptors (Lipinski definition) is 7. The van der Waals surface area contributed by atoms with Crippen molar-refractivity contribution in [1.82, 2.24) is 4.98 Å². The Balaban J connectivity index is 0.000000383. The predicted octanol–water partition coefficient (Wildman–Crippen LogP) is 3.43. The highest BCUT2D eigenvalue weighted by atomic mass is 32.2. The zero-order valence-electron chi connectivity index (χ0n) is 21.5. The number of aromatic nitrogens is 1. The number of carboxylic acid groups (broad SMARTS) is 1. The molecule has 0 unspecified atom stereocenters. The van der Waals surface area contributed by atoms with Crippen molar-refractivity contribution in [2.24, 2.45) is 11.7 Å². The third-order valence-electron chi connectivity index (χ3n) is 5.97. The number of pyridine rings is 1. The van der Waals surface area contributed by atoms with Gasteiger partial charge in [0.2, 0.25) is 0 Å². The van der Waals surface area contributed by atoms with Crippen molar-refractivity contribution >= 4 is 50.5 Å². The van der Waals surface area contributed by atoms with Gasteiger partial charge in [0, 0.05) is 22.9 Å². The molecule has 0 bridgehead atoms. The number of nitrogens with two attached hydrogens (primary N) is 1. The van der Waals surface area contributed by atoms with Crippen LogP contribution in [0.2, 0.25) is 0 Å². The van der Waals surface area contributed by atoms with Gasteiger partial charge in [-0.25, -0.2) is 13.2 Å². The first-order chi connectivity index (χ1) is 17.9. The van der Waals surface area contributed by atoms with E-state index in [1.54, 1.807) is 48.5 Å². The number of aliphatic carboxylic acids is 1. The lowest BCUT2D eigenvalue weighted by Crippen LogP contribution is -2.43. The molecule has 0 aliphatic heterocycles. The summed E-state index contributed by atoms with van der Waals surface area (Å²) >= 11 is 0. The van der Waals surface area contributed by atoms with Crippen LogP contribution in [0.25, 0.3) is 21.7 Å². The summed E-state index contributed by atoms with van der Waals surface area (Å²) in [4.78, 5) is 16.1. The second-order valence-electron chi connectivity index (χ2n) is 9.35. The van der Waals surface area contributed by atoms with Gasteiger partial charge in [-0.1, -0.05) is 68.4 Å². The molecule has 0 radical (unpaired) electrons. The Kier molecular flexibility index (Phi) is 9.45. The van der Waals surface area contributed by atoms with E-state index in [9.17, 15) is 18.3 Å². The van der Waals surface area contributed by atoms with Crippen LogP contribution in [0.1, 0.15) is 27.2 Å². The molecule has 9 nitrogen and oxygen atoms in total. The van der Waals surface area contributed by atoms with Gasteiger partial charge in [-0.05, 0) is 42.8 Å². The molecule has 5 N–H and O–H groups in total. The zero-order valence-corrected chi connectivity index (χ0v) is 22.3. The summed E-state index contributed by atoms with van der Waals surface area (Å²) in [7, 11) is -5.59. The van der Waals surface area contributed by atoms with Gasteiger partial charge in [0.05, 0.1) is 11.2 Å². The molecule has 0 spiro atoms. The Hall–Kier alpha value is -3.51. The molecule has 1 heterocycles. The number of carboxylic acids is 1. The van der Waals surface area contributed by atoms with Gasteiger partial charge in [-0.15, -0.1) is 0 Å². The fourth-order valence-corrected chi connectivity index (χ4v) is 5.91. The van der Waals surface area contributed by atoms with Crippen LogP contribution in [0.4, 0.5) is 5.69 Å². The van der Waals surface area contributed by atoms with Crippen molar-refractivity contribution in [3.8, 4) is 0 Å². The lowest BCUT2D eigenvalue weighted by molar-refractivity contribution is -0.137. The smallest absolute Gasteiger partial charge is 0.469 e. The topological polar surface area (TPSA) is 154 Å². The SMILES string of the molecule is CC(C)C[C@H](N)B(O)O.C[C@@H](C(=O)O)N(c1cccc2ccccc12)S(=O)(=O)c1cccc2cccnc12. The van der Waals surface area contributed by atoms with E-state index in [1.165, 1.54) is 19.2 Å². The molecule has 0 amide bonds. The van der Waals surface area contributed by atoms with Crippen LogP contribution in [0.3, 0.4) is 0 Å². The number of sulfonamides is 1. The number of fused-ring (bicyclic) bond motifs is 2. The minimum atomic E-state index is -4.23. The van der Waals surface area contributed by atoms with Crippen molar-refractivity contribution in [1.29, 1.82) is 0 Å². The normalized spacial score (nSPS) is 13.0. The molecule has 2 atom stereocenters. The predicted molar refractivity (Wildman–Crippen MR) is 150 cm³/mol. The van der Waals surface area contributed by atoms with E-state index in [0.717, 1.165) is 9.69 Å². The molecule has 3 aromatic carbocycles. The average Bonchev–Trinajstić information content (AvgIpc) is 2.88. The third-order valence-corrected chi connectivity index (χ3v) is 7.89. The van der Waals surface area contributed by atoms with Gasteiger partial charge >= 0.3 is 13.1 Å². The highest BCUT2D eigenvalue weighted by Crippen LogP contribution is 2.34. The Bertz CT molecular complexity index is 1500. The van der Waals surface area contributed by atoms with E-state index < -0.39 is 35.1 Å². The molecule has 200 valence electrons. The first-order valence-corrected chi connectivity index (χ1v) is 13.6. The minimum absolute atomic E-state index is 0.0309. The number of rotatable bonds is 8. The monoisotopic (exact) mass is 537 g/mol. The van der Waals surface area contributed by atoms with Gasteiger partial charge in [0.25, 0.3) is 10.0 Å². The molecule has 0 saturated heterocycles. The number of anilines is 1. The molecule has 0 saturated carbocycles. The summed E-state index contributed by atoms with van der Waals surface area (Å²) in [6.07, 6.45) is 2.17. The van der Waals surface area contributed by atoms with Crippen molar-refractivity contribution in [2.45, 2.75) is 44.1 Å². The van der Waals surface area contributed by atoms with Crippen LogP contribution in [0, 0.1) is 5.92 Å². The highest BCUT2D eigenvalue weighted by Gasteiger charge is 2.35. The van der Waals surface area contributed by atoms with Gasteiger partial charge in [0.15, 0.2) is 0 Å². The number of hydrogen-bond donors (Lipinski definition) is 4. The van der Waals surface area contributed by atoms with E-state index in [1.807, 2.05) is 32.0 Å². The van der Waals surface area contributed by atoms with Crippen LogP contribution >= 0.6 is 0 Å². The summed E-state index contributed by atoms with van der Waals surface area (Å²) in [5.74, 6) is -1.32. The average molecular weight is 537 g/mol. The summed E-state index contributed by atoms with van der Waals surface area (Å²) in [6.45, 7) is 5.34. The van der Waals surface area contributed by atoms with Crippen molar-refractivity contribution in [2.75, 3.05) is 4.31 Å². The van der Waals surface area contributed by atoms with Gasteiger partial charge in [-0.3, -0.25) is 9.29 Å². The summed E-state index contributed by atoms with van der Waals surface area (Å²) in [5, 5.41) is 28.8. The molecule has 0 aliphatic rings. The maximum absolute atomic E-state index is 13.8. The molecule has 4 aromatic rings. The molecular weight excluding hydrogens is 505 g/mol. The van der Waals surface area contributed by atoms with E-state index in [0.29, 0.717) is 34.3 Å².